The highest BCUT2D eigenvalue weighted by atomic mass is 32.2. The SMILES string of the molecule is CCN(CC)Cc1ccc(NC(=C2C(=O)Nc3ccc(NS(=O)(=O)C4CC4)cc32)c2ccccc2)cc1. The molecule has 37 heavy (non-hydrogen) atoms. The zero-order valence-corrected chi connectivity index (χ0v) is 21.9. The summed E-state index contributed by atoms with van der Waals surface area (Å²) in [6.45, 7) is 7.19. The van der Waals surface area contributed by atoms with Gasteiger partial charge in [-0.2, -0.15) is 0 Å². The number of hydrogen-bond acceptors (Lipinski definition) is 5. The summed E-state index contributed by atoms with van der Waals surface area (Å²) in [5.41, 5.74) is 5.84. The lowest BCUT2D eigenvalue weighted by Gasteiger charge is -2.19. The summed E-state index contributed by atoms with van der Waals surface area (Å²) in [5, 5.41) is 6.08. The van der Waals surface area contributed by atoms with Gasteiger partial charge in [-0.3, -0.25) is 14.4 Å². The third-order valence-corrected chi connectivity index (χ3v) is 8.69. The Labute approximate surface area is 218 Å². The van der Waals surface area contributed by atoms with Crippen LogP contribution in [0.5, 0.6) is 0 Å². The molecule has 1 amide bonds. The molecule has 1 aliphatic heterocycles. The van der Waals surface area contributed by atoms with E-state index in [2.05, 4.69) is 46.2 Å². The zero-order valence-electron chi connectivity index (χ0n) is 21.1. The molecule has 0 spiro atoms. The maximum Gasteiger partial charge on any atom is 0.258 e. The number of fused-ring (bicyclic) bond motifs is 1. The lowest BCUT2D eigenvalue weighted by molar-refractivity contribution is -0.110. The summed E-state index contributed by atoms with van der Waals surface area (Å²) in [6, 6.07) is 23.1. The summed E-state index contributed by atoms with van der Waals surface area (Å²) in [5.74, 6) is -0.235. The minimum absolute atomic E-state index is 0.235. The molecule has 0 atom stereocenters. The molecule has 0 aromatic heterocycles. The Balaban J connectivity index is 1.52. The number of rotatable bonds is 10. The van der Waals surface area contributed by atoms with Gasteiger partial charge in [0.2, 0.25) is 10.0 Å². The van der Waals surface area contributed by atoms with Gasteiger partial charge in [-0.1, -0.05) is 56.3 Å². The lowest BCUT2D eigenvalue weighted by Crippen LogP contribution is -2.22. The summed E-state index contributed by atoms with van der Waals surface area (Å²) < 4.78 is 27.7. The van der Waals surface area contributed by atoms with Gasteiger partial charge in [0, 0.05) is 29.2 Å². The van der Waals surface area contributed by atoms with Gasteiger partial charge in [0.15, 0.2) is 0 Å². The Morgan fingerprint density at radius 2 is 1.62 bits per heavy atom. The van der Waals surface area contributed by atoms with Gasteiger partial charge in [-0.05, 0) is 67.4 Å². The summed E-state index contributed by atoms with van der Waals surface area (Å²) in [4.78, 5) is 15.6. The Morgan fingerprint density at radius 1 is 0.946 bits per heavy atom. The molecule has 0 saturated heterocycles. The predicted octanol–water partition coefficient (Wildman–Crippen LogP) is 5.37. The van der Waals surface area contributed by atoms with Gasteiger partial charge >= 0.3 is 0 Å². The summed E-state index contributed by atoms with van der Waals surface area (Å²) in [7, 11) is -3.42. The maximum atomic E-state index is 13.2. The Hall–Kier alpha value is -3.62. The first-order chi connectivity index (χ1) is 17.9. The molecule has 1 aliphatic carbocycles. The van der Waals surface area contributed by atoms with E-state index < -0.39 is 10.0 Å². The van der Waals surface area contributed by atoms with Gasteiger partial charge < -0.3 is 10.6 Å². The molecule has 3 N–H and O–H groups in total. The zero-order chi connectivity index (χ0) is 26.0. The molecule has 0 radical (unpaired) electrons. The number of carbonyl (C=O) groups is 1. The van der Waals surface area contributed by atoms with Crippen LogP contribution >= 0.6 is 0 Å². The molecule has 2 aliphatic rings. The smallest absolute Gasteiger partial charge is 0.258 e. The third-order valence-electron chi connectivity index (χ3n) is 6.82. The fraction of sp³-hybridized carbons (Fsp3) is 0.276. The number of carbonyl (C=O) groups excluding carboxylic acids is 1. The Morgan fingerprint density at radius 3 is 2.27 bits per heavy atom. The molecule has 192 valence electrons. The first kappa shape index (κ1) is 25.0. The number of amides is 1. The first-order valence-electron chi connectivity index (χ1n) is 12.7. The van der Waals surface area contributed by atoms with Crippen molar-refractivity contribution < 1.29 is 13.2 Å². The van der Waals surface area contributed by atoms with E-state index in [0.29, 0.717) is 41.1 Å². The number of nitrogens with one attached hydrogen (secondary N) is 3. The van der Waals surface area contributed by atoms with Crippen molar-refractivity contribution in [2.75, 3.05) is 28.4 Å². The predicted molar refractivity (Wildman–Crippen MR) is 151 cm³/mol. The van der Waals surface area contributed by atoms with E-state index in [1.54, 1.807) is 18.2 Å². The van der Waals surface area contributed by atoms with Crippen LogP contribution in [0.1, 0.15) is 43.4 Å². The summed E-state index contributed by atoms with van der Waals surface area (Å²) in [6.07, 6.45) is 1.36. The molecule has 0 bridgehead atoms. The van der Waals surface area contributed by atoms with Crippen molar-refractivity contribution >= 4 is 44.3 Å². The standard InChI is InChI=1S/C29H32N4O3S/c1-3-33(4-2)19-20-10-12-22(13-11-20)30-28(21-8-6-5-7-9-21)27-25-18-23(14-17-26(25)31-29(27)34)32-37(35,36)24-15-16-24/h5-14,17-18,24,30,32H,3-4,15-16,19H2,1-2H3,(H,31,34). The van der Waals surface area contributed by atoms with E-state index in [9.17, 15) is 13.2 Å². The first-order valence-corrected chi connectivity index (χ1v) is 14.3. The van der Waals surface area contributed by atoms with Crippen LogP contribution in [0, 0.1) is 0 Å². The van der Waals surface area contributed by atoms with Crippen LogP contribution in [0.3, 0.4) is 0 Å². The molecular formula is C29H32N4O3S. The second-order valence-corrected chi connectivity index (χ2v) is 11.4. The second kappa shape index (κ2) is 10.4. The highest BCUT2D eigenvalue weighted by Gasteiger charge is 2.36. The molecule has 1 heterocycles. The van der Waals surface area contributed by atoms with Crippen LogP contribution in [0.2, 0.25) is 0 Å². The highest BCUT2D eigenvalue weighted by molar-refractivity contribution is 7.93. The molecule has 0 unspecified atom stereocenters. The Bertz CT molecular complexity index is 1430. The minimum atomic E-state index is -3.42. The minimum Gasteiger partial charge on any atom is -0.354 e. The molecule has 3 aromatic carbocycles. The van der Waals surface area contributed by atoms with Gasteiger partial charge in [0.05, 0.1) is 16.5 Å². The Kier molecular flexibility index (Phi) is 7.04. The highest BCUT2D eigenvalue weighted by Crippen LogP contribution is 2.39. The molecule has 1 fully saturated rings. The molecule has 3 aromatic rings. The second-order valence-electron chi connectivity index (χ2n) is 9.46. The van der Waals surface area contributed by atoms with Crippen molar-refractivity contribution in [1.82, 2.24) is 4.90 Å². The van der Waals surface area contributed by atoms with Gasteiger partial charge in [-0.15, -0.1) is 0 Å². The van der Waals surface area contributed by atoms with Crippen molar-refractivity contribution in [1.29, 1.82) is 0 Å². The number of benzene rings is 3. The quantitative estimate of drug-likeness (QED) is 0.316. The molecule has 8 heteroatoms. The van der Waals surface area contributed by atoms with Crippen LogP contribution in [0.25, 0.3) is 11.3 Å². The number of hydrogen-bond donors (Lipinski definition) is 3. The molecule has 7 nitrogen and oxygen atoms in total. The van der Waals surface area contributed by atoms with Gasteiger partial charge in [-0.25, -0.2) is 8.42 Å². The summed E-state index contributed by atoms with van der Waals surface area (Å²) >= 11 is 0. The van der Waals surface area contributed by atoms with Crippen molar-refractivity contribution in [2.45, 2.75) is 38.5 Å². The van der Waals surface area contributed by atoms with Crippen molar-refractivity contribution in [3.8, 4) is 0 Å². The average molecular weight is 517 g/mol. The molecular weight excluding hydrogens is 484 g/mol. The third kappa shape index (κ3) is 5.55. The van der Waals surface area contributed by atoms with E-state index >= 15 is 0 Å². The van der Waals surface area contributed by atoms with Gasteiger partial charge in [0.25, 0.3) is 5.91 Å². The largest absolute Gasteiger partial charge is 0.354 e. The monoisotopic (exact) mass is 516 g/mol. The fourth-order valence-electron chi connectivity index (χ4n) is 4.53. The number of nitrogens with zero attached hydrogens (tertiary/aromatic N) is 1. The van der Waals surface area contributed by atoms with Crippen molar-refractivity contribution in [2.24, 2.45) is 0 Å². The molecule has 1 saturated carbocycles. The van der Waals surface area contributed by atoms with Crippen LogP contribution in [-0.4, -0.2) is 37.6 Å². The van der Waals surface area contributed by atoms with Crippen molar-refractivity contribution in [3.05, 3.63) is 89.5 Å². The van der Waals surface area contributed by atoms with E-state index in [0.717, 1.165) is 30.9 Å². The van der Waals surface area contributed by atoms with E-state index in [-0.39, 0.29) is 11.2 Å². The van der Waals surface area contributed by atoms with Gasteiger partial charge in [0.1, 0.15) is 0 Å². The van der Waals surface area contributed by atoms with E-state index in [1.807, 2.05) is 42.5 Å². The van der Waals surface area contributed by atoms with E-state index in [4.69, 9.17) is 0 Å². The van der Waals surface area contributed by atoms with E-state index in [1.165, 1.54) is 5.56 Å². The van der Waals surface area contributed by atoms with Crippen molar-refractivity contribution in [3.63, 3.8) is 0 Å². The maximum absolute atomic E-state index is 13.2. The van der Waals surface area contributed by atoms with Crippen LogP contribution in [0.4, 0.5) is 17.1 Å². The normalized spacial score (nSPS) is 16.4. The number of sulfonamides is 1. The topological polar surface area (TPSA) is 90.5 Å². The average Bonchev–Trinajstić information content (AvgIpc) is 3.72. The number of anilines is 3. The van der Waals surface area contributed by atoms with Crippen LogP contribution < -0.4 is 15.4 Å². The molecule has 5 rings (SSSR count). The van der Waals surface area contributed by atoms with Crippen LogP contribution in [-0.2, 0) is 21.4 Å². The van der Waals surface area contributed by atoms with Crippen LogP contribution in [0.15, 0.2) is 72.8 Å². The lowest BCUT2D eigenvalue weighted by atomic mass is 9.99. The fourth-order valence-corrected chi connectivity index (χ4v) is 5.91.